The molecule has 3 heteroatoms. The van der Waals surface area contributed by atoms with Gasteiger partial charge in [-0.25, -0.2) is 0 Å². The minimum Gasteiger partial charge on any atom is -0.490 e. The second-order valence-electron chi connectivity index (χ2n) is 8.75. The SMILES string of the molecule is CCC(C)(C)c1ccc(OC(C)CCCCC(=O)O)c(C(C)(C)CC)c1. The van der Waals surface area contributed by atoms with Crippen molar-refractivity contribution in [1.82, 2.24) is 0 Å². The molecule has 1 aromatic rings. The summed E-state index contributed by atoms with van der Waals surface area (Å²) in [6.45, 7) is 15.6. The first-order chi connectivity index (χ1) is 12.0. The van der Waals surface area contributed by atoms with E-state index in [9.17, 15) is 4.79 Å². The van der Waals surface area contributed by atoms with Crippen LogP contribution in [0.1, 0.15) is 98.1 Å². The average Bonchev–Trinajstić information content (AvgIpc) is 2.58. The molecule has 1 aromatic carbocycles. The first kappa shape index (κ1) is 22.5. The Bertz CT molecular complexity index is 587. The zero-order valence-corrected chi connectivity index (χ0v) is 17.8. The van der Waals surface area contributed by atoms with Gasteiger partial charge in [0.2, 0.25) is 0 Å². The van der Waals surface area contributed by atoms with E-state index < -0.39 is 5.97 Å². The molecule has 1 unspecified atom stereocenters. The molecule has 0 spiro atoms. The van der Waals surface area contributed by atoms with Crippen molar-refractivity contribution < 1.29 is 14.6 Å². The van der Waals surface area contributed by atoms with Gasteiger partial charge >= 0.3 is 5.97 Å². The van der Waals surface area contributed by atoms with Crippen LogP contribution >= 0.6 is 0 Å². The summed E-state index contributed by atoms with van der Waals surface area (Å²) in [4.78, 5) is 10.6. The fourth-order valence-corrected chi connectivity index (χ4v) is 2.96. The second-order valence-corrected chi connectivity index (χ2v) is 8.75. The largest absolute Gasteiger partial charge is 0.490 e. The van der Waals surface area contributed by atoms with Gasteiger partial charge in [0.1, 0.15) is 5.75 Å². The van der Waals surface area contributed by atoms with Gasteiger partial charge in [-0.1, -0.05) is 53.7 Å². The number of ether oxygens (including phenoxy) is 1. The van der Waals surface area contributed by atoms with Gasteiger partial charge in [-0.05, 0) is 61.5 Å². The third-order valence-electron chi connectivity index (χ3n) is 5.84. The first-order valence-electron chi connectivity index (χ1n) is 10.1. The summed E-state index contributed by atoms with van der Waals surface area (Å²) < 4.78 is 6.29. The second kappa shape index (κ2) is 9.43. The molecule has 0 saturated carbocycles. The maximum Gasteiger partial charge on any atom is 0.303 e. The standard InChI is InChI=1S/C23H38O3/c1-8-22(4,5)18-14-15-20(19(16-18)23(6,7)9-2)26-17(3)12-10-11-13-21(24)25/h14-17H,8-13H2,1-7H3,(H,24,25). The number of rotatable bonds is 11. The number of hydrogen-bond donors (Lipinski definition) is 1. The summed E-state index contributed by atoms with van der Waals surface area (Å²) in [5.41, 5.74) is 2.84. The van der Waals surface area contributed by atoms with Gasteiger partial charge in [-0.15, -0.1) is 0 Å². The van der Waals surface area contributed by atoms with Crippen LogP contribution in [0.4, 0.5) is 0 Å². The summed E-state index contributed by atoms with van der Waals surface area (Å²) in [7, 11) is 0. The van der Waals surface area contributed by atoms with E-state index in [0.29, 0.717) is 6.42 Å². The molecule has 0 amide bonds. The van der Waals surface area contributed by atoms with Crippen molar-refractivity contribution in [2.75, 3.05) is 0 Å². The lowest BCUT2D eigenvalue weighted by Crippen LogP contribution is -2.22. The minimum atomic E-state index is -0.723. The Balaban J connectivity index is 2.97. The molecular formula is C23H38O3. The van der Waals surface area contributed by atoms with Crippen LogP contribution in [0.2, 0.25) is 0 Å². The minimum absolute atomic E-state index is 0.0538. The number of benzene rings is 1. The Morgan fingerprint density at radius 3 is 2.23 bits per heavy atom. The topological polar surface area (TPSA) is 46.5 Å². The highest BCUT2D eigenvalue weighted by atomic mass is 16.5. The number of hydrogen-bond acceptors (Lipinski definition) is 2. The molecule has 26 heavy (non-hydrogen) atoms. The molecule has 0 saturated heterocycles. The van der Waals surface area contributed by atoms with E-state index in [2.05, 4.69) is 66.7 Å². The van der Waals surface area contributed by atoms with Crippen molar-refractivity contribution in [2.45, 2.75) is 104 Å². The number of carbonyl (C=O) groups is 1. The summed E-state index contributed by atoms with van der Waals surface area (Å²) in [6, 6.07) is 6.66. The molecular weight excluding hydrogens is 324 g/mol. The fourth-order valence-electron chi connectivity index (χ4n) is 2.96. The number of carboxylic acids is 1. The molecule has 0 aliphatic rings. The molecule has 0 heterocycles. The molecule has 148 valence electrons. The van der Waals surface area contributed by atoms with Crippen molar-refractivity contribution in [2.24, 2.45) is 0 Å². The van der Waals surface area contributed by atoms with E-state index in [1.54, 1.807) is 0 Å². The summed E-state index contributed by atoms with van der Waals surface area (Å²) in [5, 5.41) is 8.75. The van der Waals surface area contributed by atoms with Gasteiger partial charge < -0.3 is 9.84 Å². The molecule has 0 radical (unpaired) electrons. The van der Waals surface area contributed by atoms with E-state index in [4.69, 9.17) is 9.84 Å². The number of carboxylic acid groups (broad SMARTS) is 1. The monoisotopic (exact) mass is 362 g/mol. The smallest absolute Gasteiger partial charge is 0.303 e. The number of aliphatic carboxylic acids is 1. The third kappa shape index (κ3) is 6.34. The third-order valence-corrected chi connectivity index (χ3v) is 5.84. The van der Waals surface area contributed by atoms with E-state index >= 15 is 0 Å². The Labute approximate surface area is 160 Å². The molecule has 0 aromatic heterocycles. The zero-order valence-electron chi connectivity index (χ0n) is 17.8. The number of unbranched alkanes of at least 4 members (excludes halogenated alkanes) is 1. The lowest BCUT2D eigenvalue weighted by molar-refractivity contribution is -0.137. The molecule has 0 aliphatic carbocycles. The molecule has 1 atom stereocenters. The quantitative estimate of drug-likeness (QED) is 0.459. The van der Waals surface area contributed by atoms with E-state index in [-0.39, 0.29) is 23.4 Å². The highest BCUT2D eigenvalue weighted by molar-refractivity contribution is 5.66. The summed E-state index contributed by atoms with van der Waals surface area (Å²) in [5.74, 6) is 0.248. The van der Waals surface area contributed by atoms with Gasteiger partial charge in [0, 0.05) is 12.0 Å². The van der Waals surface area contributed by atoms with Crippen LogP contribution in [-0.2, 0) is 15.6 Å². The Kier molecular flexibility index (Phi) is 8.17. The fraction of sp³-hybridized carbons (Fsp3) is 0.696. The highest BCUT2D eigenvalue weighted by Gasteiger charge is 2.27. The van der Waals surface area contributed by atoms with Crippen molar-refractivity contribution in [3.63, 3.8) is 0 Å². The lowest BCUT2D eigenvalue weighted by Gasteiger charge is -2.31. The Hall–Kier alpha value is -1.51. The van der Waals surface area contributed by atoms with Gasteiger partial charge in [0.25, 0.3) is 0 Å². The van der Waals surface area contributed by atoms with Crippen LogP contribution in [-0.4, -0.2) is 17.2 Å². The lowest BCUT2D eigenvalue weighted by atomic mass is 9.76. The first-order valence-corrected chi connectivity index (χ1v) is 10.1. The normalized spacial score (nSPS) is 13.5. The van der Waals surface area contributed by atoms with Crippen LogP contribution in [0.5, 0.6) is 5.75 Å². The Morgan fingerprint density at radius 2 is 1.69 bits per heavy atom. The van der Waals surface area contributed by atoms with Gasteiger partial charge in [-0.2, -0.15) is 0 Å². The summed E-state index contributed by atoms with van der Waals surface area (Å²) >= 11 is 0. The van der Waals surface area contributed by atoms with E-state index in [0.717, 1.165) is 31.4 Å². The molecule has 0 bridgehead atoms. The highest BCUT2D eigenvalue weighted by Crippen LogP contribution is 2.39. The van der Waals surface area contributed by atoms with Crippen LogP contribution in [0.15, 0.2) is 18.2 Å². The van der Waals surface area contributed by atoms with Crippen LogP contribution in [0, 0.1) is 0 Å². The average molecular weight is 363 g/mol. The van der Waals surface area contributed by atoms with Crippen molar-refractivity contribution in [3.05, 3.63) is 29.3 Å². The summed E-state index contributed by atoms with van der Waals surface area (Å²) in [6.07, 6.45) is 4.93. The van der Waals surface area contributed by atoms with Crippen molar-refractivity contribution in [1.29, 1.82) is 0 Å². The van der Waals surface area contributed by atoms with Gasteiger partial charge in [0.15, 0.2) is 0 Å². The molecule has 3 nitrogen and oxygen atoms in total. The Morgan fingerprint density at radius 1 is 1.08 bits per heavy atom. The van der Waals surface area contributed by atoms with Crippen LogP contribution in [0.3, 0.4) is 0 Å². The van der Waals surface area contributed by atoms with Crippen molar-refractivity contribution in [3.8, 4) is 5.75 Å². The zero-order chi connectivity index (χ0) is 20.0. The van der Waals surface area contributed by atoms with Crippen LogP contribution in [0.25, 0.3) is 0 Å². The molecule has 0 aliphatic heterocycles. The molecule has 1 N–H and O–H groups in total. The van der Waals surface area contributed by atoms with Crippen molar-refractivity contribution >= 4 is 5.97 Å². The maximum absolute atomic E-state index is 10.6. The van der Waals surface area contributed by atoms with Crippen LogP contribution < -0.4 is 4.74 Å². The van der Waals surface area contributed by atoms with Gasteiger partial charge in [-0.3, -0.25) is 4.79 Å². The molecule has 1 rings (SSSR count). The predicted octanol–water partition coefficient (Wildman–Crippen LogP) is 6.47. The van der Waals surface area contributed by atoms with E-state index in [1.807, 2.05) is 0 Å². The van der Waals surface area contributed by atoms with E-state index in [1.165, 1.54) is 11.1 Å². The molecule has 0 fully saturated rings. The maximum atomic E-state index is 10.6. The van der Waals surface area contributed by atoms with Gasteiger partial charge in [0.05, 0.1) is 6.10 Å². The predicted molar refractivity (Wildman–Crippen MR) is 109 cm³/mol.